The van der Waals surface area contributed by atoms with Crippen molar-refractivity contribution in [1.82, 2.24) is 5.32 Å². The van der Waals surface area contributed by atoms with Gasteiger partial charge >= 0.3 is 0 Å². The molecule has 1 aliphatic rings. The summed E-state index contributed by atoms with van der Waals surface area (Å²) in [5.74, 6) is -0.442. The van der Waals surface area contributed by atoms with E-state index in [1.165, 1.54) is 12.1 Å². The van der Waals surface area contributed by atoms with Crippen LogP contribution in [0.25, 0.3) is 0 Å². The van der Waals surface area contributed by atoms with Crippen LogP contribution in [0, 0.1) is 12.7 Å². The van der Waals surface area contributed by atoms with Gasteiger partial charge in [0.2, 0.25) is 10.0 Å². The predicted octanol–water partition coefficient (Wildman–Crippen LogP) is 1.63. The van der Waals surface area contributed by atoms with Crippen molar-refractivity contribution in [2.45, 2.75) is 25.8 Å². The monoisotopic (exact) mass is 272 g/mol. The van der Waals surface area contributed by atoms with Crippen LogP contribution >= 0.6 is 0 Å². The summed E-state index contributed by atoms with van der Waals surface area (Å²) in [6.07, 6.45) is 2.24. The van der Waals surface area contributed by atoms with E-state index in [9.17, 15) is 12.8 Å². The summed E-state index contributed by atoms with van der Waals surface area (Å²) < 4.78 is 39.0. The third kappa shape index (κ3) is 4.27. The lowest BCUT2D eigenvalue weighted by Gasteiger charge is -2.09. The van der Waals surface area contributed by atoms with Gasteiger partial charge in [-0.2, -0.15) is 0 Å². The zero-order valence-electron chi connectivity index (χ0n) is 10.2. The van der Waals surface area contributed by atoms with Gasteiger partial charge in [0.05, 0.1) is 11.4 Å². The van der Waals surface area contributed by atoms with Crippen molar-refractivity contribution in [2.24, 2.45) is 0 Å². The zero-order valence-corrected chi connectivity index (χ0v) is 11.1. The fourth-order valence-electron chi connectivity index (χ4n) is 1.71. The second kappa shape index (κ2) is 5.24. The fraction of sp³-hybridized carbons (Fsp3) is 0.500. The molecule has 1 aromatic rings. The molecule has 0 bridgehead atoms. The average Bonchev–Trinajstić information content (AvgIpc) is 2.98. The van der Waals surface area contributed by atoms with Crippen molar-refractivity contribution in [3.63, 3.8) is 0 Å². The van der Waals surface area contributed by atoms with Crippen molar-refractivity contribution >= 4 is 15.7 Å². The van der Waals surface area contributed by atoms with Gasteiger partial charge in [-0.3, -0.25) is 4.72 Å². The summed E-state index contributed by atoms with van der Waals surface area (Å²) >= 11 is 0. The lowest BCUT2D eigenvalue weighted by molar-refractivity contribution is 0.595. The summed E-state index contributed by atoms with van der Waals surface area (Å²) in [6, 6.07) is 4.62. The molecule has 1 saturated carbocycles. The molecule has 18 heavy (non-hydrogen) atoms. The van der Waals surface area contributed by atoms with E-state index in [0.717, 1.165) is 12.8 Å². The minimum absolute atomic E-state index is 0.000932. The highest BCUT2D eigenvalue weighted by atomic mass is 32.2. The van der Waals surface area contributed by atoms with E-state index in [1.54, 1.807) is 13.0 Å². The van der Waals surface area contributed by atoms with Crippen LogP contribution in [0.15, 0.2) is 18.2 Å². The maximum Gasteiger partial charge on any atom is 0.233 e. The second-order valence-corrected chi connectivity index (χ2v) is 6.51. The van der Waals surface area contributed by atoms with Gasteiger partial charge in [-0.1, -0.05) is 0 Å². The Bertz CT molecular complexity index is 507. The molecule has 0 heterocycles. The van der Waals surface area contributed by atoms with Crippen molar-refractivity contribution in [1.29, 1.82) is 0 Å². The number of aryl methyl sites for hydroxylation is 1. The quantitative estimate of drug-likeness (QED) is 0.827. The van der Waals surface area contributed by atoms with Gasteiger partial charge < -0.3 is 5.32 Å². The first-order valence-corrected chi connectivity index (χ1v) is 7.61. The van der Waals surface area contributed by atoms with E-state index in [2.05, 4.69) is 10.0 Å². The molecular formula is C12H17FN2O2S. The topological polar surface area (TPSA) is 58.2 Å². The van der Waals surface area contributed by atoms with Crippen LogP contribution in [-0.4, -0.2) is 26.8 Å². The maximum absolute atomic E-state index is 13.1. The third-order valence-electron chi connectivity index (χ3n) is 2.70. The number of halogens is 1. The smallest absolute Gasteiger partial charge is 0.233 e. The third-order valence-corrected chi connectivity index (χ3v) is 3.98. The fourth-order valence-corrected chi connectivity index (χ4v) is 2.68. The normalized spacial score (nSPS) is 15.7. The molecule has 0 unspecified atom stereocenters. The Hall–Kier alpha value is -1.14. The summed E-state index contributed by atoms with van der Waals surface area (Å²) in [4.78, 5) is 0. The molecule has 4 nitrogen and oxygen atoms in total. The number of hydrogen-bond acceptors (Lipinski definition) is 3. The highest BCUT2D eigenvalue weighted by Gasteiger charge is 2.21. The number of hydrogen-bond donors (Lipinski definition) is 2. The molecule has 1 fully saturated rings. The van der Waals surface area contributed by atoms with Crippen LogP contribution in [0.5, 0.6) is 0 Å². The number of anilines is 1. The Morgan fingerprint density at radius 1 is 1.33 bits per heavy atom. The molecular weight excluding hydrogens is 255 g/mol. The van der Waals surface area contributed by atoms with Crippen molar-refractivity contribution < 1.29 is 12.8 Å². The first-order chi connectivity index (χ1) is 8.44. The molecule has 0 spiro atoms. The first kappa shape index (κ1) is 13.3. The van der Waals surface area contributed by atoms with E-state index < -0.39 is 15.8 Å². The van der Waals surface area contributed by atoms with Crippen LogP contribution in [0.3, 0.4) is 0 Å². The Kier molecular flexibility index (Phi) is 3.87. The minimum atomic E-state index is -3.42. The van der Waals surface area contributed by atoms with Crippen molar-refractivity contribution in [2.75, 3.05) is 17.0 Å². The highest BCUT2D eigenvalue weighted by molar-refractivity contribution is 7.92. The van der Waals surface area contributed by atoms with E-state index in [-0.39, 0.29) is 11.4 Å². The molecule has 0 aromatic heterocycles. The van der Waals surface area contributed by atoms with Crippen molar-refractivity contribution in [3.05, 3.63) is 29.6 Å². The Labute approximate surface area is 107 Å². The van der Waals surface area contributed by atoms with Gasteiger partial charge in [-0.05, 0) is 43.5 Å². The Morgan fingerprint density at radius 3 is 2.67 bits per heavy atom. The minimum Gasteiger partial charge on any atom is -0.313 e. The predicted molar refractivity (Wildman–Crippen MR) is 69.6 cm³/mol. The maximum atomic E-state index is 13.1. The van der Waals surface area contributed by atoms with Crippen LogP contribution in [0.4, 0.5) is 10.1 Å². The summed E-state index contributed by atoms with van der Waals surface area (Å²) in [6.45, 7) is 2.14. The molecule has 0 aliphatic heterocycles. The number of sulfonamides is 1. The first-order valence-electron chi connectivity index (χ1n) is 5.96. The van der Waals surface area contributed by atoms with Crippen LogP contribution < -0.4 is 10.0 Å². The van der Waals surface area contributed by atoms with Gasteiger partial charge in [0.25, 0.3) is 0 Å². The molecule has 2 rings (SSSR count). The largest absolute Gasteiger partial charge is 0.313 e. The van der Waals surface area contributed by atoms with Gasteiger partial charge in [0, 0.05) is 12.6 Å². The molecule has 1 aliphatic carbocycles. The van der Waals surface area contributed by atoms with Gasteiger partial charge in [0.15, 0.2) is 0 Å². The molecule has 0 atom stereocenters. The lowest BCUT2D eigenvalue weighted by Crippen LogP contribution is -2.28. The van der Waals surface area contributed by atoms with Gasteiger partial charge in [-0.15, -0.1) is 0 Å². The highest BCUT2D eigenvalue weighted by Crippen LogP contribution is 2.18. The van der Waals surface area contributed by atoms with E-state index in [1.807, 2.05) is 0 Å². The number of rotatable bonds is 6. The van der Waals surface area contributed by atoms with Crippen LogP contribution in [-0.2, 0) is 10.0 Å². The zero-order chi connectivity index (χ0) is 13.2. The Morgan fingerprint density at radius 2 is 2.06 bits per heavy atom. The standard InChI is InChI=1S/C12H17FN2O2S/c1-9-6-10(13)8-12(7-9)15-18(16,17)5-4-14-11-2-3-11/h6-8,11,14-15H,2-5H2,1H3. The van der Waals surface area contributed by atoms with E-state index >= 15 is 0 Å². The average molecular weight is 272 g/mol. The molecule has 0 saturated heterocycles. The van der Waals surface area contributed by atoms with E-state index in [4.69, 9.17) is 0 Å². The molecule has 0 amide bonds. The Balaban J connectivity index is 1.92. The number of nitrogens with one attached hydrogen (secondary N) is 2. The van der Waals surface area contributed by atoms with Crippen LogP contribution in [0.2, 0.25) is 0 Å². The molecule has 6 heteroatoms. The second-order valence-electron chi connectivity index (χ2n) is 4.67. The number of benzene rings is 1. The van der Waals surface area contributed by atoms with Crippen molar-refractivity contribution in [3.8, 4) is 0 Å². The summed E-state index contributed by atoms with van der Waals surface area (Å²) in [7, 11) is -3.42. The SMILES string of the molecule is Cc1cc(F)cc(NS(=O)(=O)CCNC2CC2)c1. The summed E-state index contributed by atoms with van der Waals surface area (Å²) in [5, 5.41) is 3.13. The molecule has 1 aromatic carbocycles. The van der Waals surface area contributed by atoms with E-state index in [0.29, 0.717) is 18.2 Å². The van der Waals surface area contributed by atoms with Gasteiger partial charge in [0.1, 0.15) is 5.82 Å². The van der Waals surface area contributed by atoms with Crippen LogP contribution in [0.1, 0.15) is 18.4 Å². The lowest BCUT2D eigenvalue weighted by atomic mass is 10.2. The molecule has 0 radical (unpaired) electrons. The molecule has 2 N–H and O–H groups in total. The summed E-state index contributed by atoms with van der Waals surface area (Å²) in [5.41, 5.74) is 0.961. The van der Waals surface area contributed by atoms with Gasteiger partial charge in [-0.25, -0.2) is 12.8 Å². The molecule has 100 valence electrons.